The SMILES string of the molecule is Cl.NNC(=O)c1c[nH]c(=O)cn1. The average molecular weight is 191 g/mol. The highest BCUT2D eigenvalue weighted by molar-refractivity contribution is 5.91. The van der Waals surface area contributed by atoms with Crippen LogP contribution in [0.3, 0.4) is 0 Å². The molecule has 1 aromatic rings. The van der Waals surface area contributed by atoms with Gasteiger partial charge >= 0.3 is 0 Å². The first-order valence-electron chi connectivity index (χ1n) is 2.79. The molecule has 1 amide bonds. The summed E-state index contributed by atoms with van der Waals surface area (Å²) < 4.78 is 0. The molecule has 0 saturated carbocycles. The van der Waals surface area contributed by atoms with Crippen molar-refractivity contribution in [1.29, 1.82) is 0 Å². The van der Waals surface area contributed by atoms with E-state index in [1.54, 1.807) is 0 Å². The van der Waals surface area contributed by atoms with E-state index in [0.717, 1.165) is 6.20 Å². The molecule has 0 spiro atoms. The Morgan fingerprint density at radius 3 is 2.75 bits per heavy atom. The van der Waals surface area contributed by atoms with Crippen molar-refractivity contribution in [1.82, 2.24) is 15.4 Å². The van der Waals surface area contributed by atoms with E-state index in [4.69, 9.17) is 5.84 Å². The van der Waals surface area contributed by atoms with Gasteiger partial charge in [0, 0.05) is 6.20 Å². The Bertz CT molecular complexity index is 303. The summed E-state index contributed by atoms with van der Waals surface area (Å²) in [5, 5.41) is 0. The fraction of sp³-hybridized carbons (Fsp3) is 0. The van der Waals surface area contributed by atoms with Gasteiger partial charge in [-0.1, -0.05) is 0 Å². The van der Waals surface area contributed by atoms with Crippen LogP contribution in [0.2, 0.25) is 0 Å². The lowest BCUT2D eigenvalue weighted by Crippen LogP contribution is -2.31. The number of aromatic amines is 1. The monoisotopic (exact) mass is 190 g/mol. The molecule has 0 saturated heterocycles. The number of halogens is 1. The van der Waals surface area contributed by atoms with Crippen molar-refractivity contribution < 1.29 is 4.79 Å². The van der Waals surface area contributed by atoms with Gasteiger partial charge in [-0.05, 0) is 0 Å². The van der Waals surface area contributed by atoms with Crippen molar-refractivity contribution in [3.05, 3.63) is 28.4 Å². The second-order valence-electron chi connectivity index (χ2n) is 1.77. The summed E-state index contributed by atoms with van der Waals surface area (Å²) in [7, 11) is 0. The zero-order valence-electron chi connectivity index (χ0n) is 5.90. The quantitative estimate of drug-likeness (QED) is 0.294. The minimum atomic E-state index is -0.541. The summed E-state index contributed by atoms with van der Waals surface area (Å²) in [5.41, 5.74) is 1.59. The van der Waals surface area contributed by atoms with E-state index in [0.29, 0.717) is 0 Å². The Morgan fingerprint density at radius 1 is 1.67 bits per heavy atom. The maximum absolute atomic E-state index is 10.7. The zero-order chi connectivity index (χ0) is 8.27. The highest BCUT2D eigenvalue weighted by Gasteiger charge is 2.02. The minimum absolute atomic E-state index is 0. The molecule has 7 heteroatoms. The maximum Gasteiger partial charge on any atom is 0.285 e. The standard InChI is InChI=1S/C5H6N4O2.ClH/c6-9-5(11)3-1-8-4(10)2-7-3;/h1-2H,6H2,(H,8,10)(H,9,11);1H. The number of nitrogens with zero attached hydrogens (tertiary/aromatic N) is 1. The van der Waals surface area contributed by atoms with Crippen molar-refractivity contribution in [2.24, 2.45) is 5.84 Å². The smallest absolute Gasteiger partial charge is 0.285 e. The minimum Gasteiger partial charge on any atom is -0.325 e. The van der Waals surface area contributed by atoms with E-state index in [1.807, 2.05) is 5.43 Å². The summed E-state index contributed by atoms with van der Waals surface area (Å²) >= 11 is 0. The highest BCUT2D eigenvalue weighted by atomic mass is 35.5. The van der Waals surface area contributed by atoms with Gasteiger partial charge in [-0.15, -0.1) is 12.4 Å². The van der Waals surface area contributed by atoms with Crippen LogP contribution in [0.5, 0.6) is 0 Å². The van der Waals surface area contributed by atoms with Crippen molar-refractivity contribution in [2.45, 2.75) is 0 Å². The number of hydrazine groups is 1. The van der Waals surface area contributed by atoms with E-state index in [1.165, 1.54) is 6.20 Å². The van der Waals surface area contributed by atoms with E-state index < -0.39 is 5.91 Å². The van der Waals surface area contributed by atoms with Crippen LogP contribution in [0.1, 0.15) is 10.5 Å². The summed E-state index contributed by atoms with van der Waals surface area (Å²) in [6, 6.07) is 0. The number of hydrogen-bond acceptors (Lipinski definition) is 4. The third-order valence-corrected chi connectivity index (χ3v) is 1.04. The van der Waals surface area contributed by atoms with Crippen LogP contribution in [0.4, 0.5) is 0 Å². The molecule has 0 bridgehead atoms. The van der Waals surface area contributed by atoms with E-state index >= 15 is 0 Å². The predicted octanol–water partition coefficient (Wildman–Crippen LogP) is -1.20. The van der Waals surface area contributed by atoms with Crippen molar-refractivity contribution >= 4 is 18.3 Å². The molecule has 0 aliphatic heterocycles. The predicted molar refractivity (Wildman–Crippen MR) is 43.8 cm³/mol. The maximum atomic E-state index is 10.7. The zero-order valence-corrected chi connectivity index (χ0v) is 6.72. The van der Waals surface area contributed by atoms with E-state index in [2.05, 4.69) is 9.97 Å². The van der Waals surface area contributed by atoms with Gasteiger partial charge in [0.15, 0.2) is 0 Å². The number of amides is 1. The Hall–Kier alpha value is -1.40. The van der Waals surface area contributed by atoms with Crippen molar-refractivity contribution in [2.75, 3.05) is 0 Å². The number of nitrogen functional groups attached to an aromatic ring is 1. The molecular weight excluding hydrogens is 184 g/mol. The molecule has 1 aromatic heterocycles. The number of aromatic nitrogens is 2. The number of hydrogen-bond donors (Lipinski definition) is 3. The lowest BCUT2D eigenvalue weighted by molar-refractivity contribution is 0.0948. The van der Waals surface area contributed by atoms with Gasteiger partial charge in [-0.2, -0.15) is 0 Å². The molecule has 1 heterocycles. The third-order valence-electron chi connectivity index (χ3n) is 1.04. The van der Waals surface area contributed by atoms with E-state index in [-0.39, 0.29) is 23.7 Å². The first-order chi connectivity index (χ1) is 5.24. The topological polar surface area (TPSA) is 101 Å². The third kappa shape index (κ3) is 2.33. The van der Waals surface area contributed by atoms with Gasteiger partial charge in [0.05, 0.1) is 6.20 Å². The average Bonchev–Trinajstić information content (AvgIpc) is 2.05. The number of rotatable bonds is 1. The first-order valence-corrected chi connectivity index (χ1v) is 2.79. The van der Waals surface area contributed by atoms with Gasteiger partial charge < -0.3 is 4.98 Å². The van der Waals surface area contributed by atoms with Gasteiger partial charge in [0.1, 0.15) is 5.69 Å². The number of carbonyl (C=O) groups is 1. The van der Waals surface area contributed by atoms with Crippen LogP contribution >= 0.6 is 12.4 Å². The summed E-state index contributed by atoms with van der Waals surface area (Å²) in [5.74, 6) is 4.27. The molecule has 66 valence electrons. The van der Waals surface area contributed by atoms with Crippen LogP contribution in [0, 0.1) is 0 Å². The lowest BCUT2D eigenvalue weighted by Gasteiger charge is -1.94. The van der Waals surface area contributed by atoms with Crippen molar-refractivity contribution in [3.63, 3.8) is 0 Å². The lowest BCUT2D eigenvalue weighted by atomic mass is 10.4. The Morgan fingerprint density at radius 2 is 2.33 bits per heavy atom. The normalized spacial score (nSPS) is 8.42. The largest absolute Gasteiger partial charge is 0.325 e. The molecule has 12 heavy (non-hydrogen) atoms. The number of nitrogens with two attached hydrogens (primary N) is 1. The van der Waals surface area contributed by atoms with Gasteiger partial charge in [-0.25, -0.2) is 10.8 Å². The fourth-order valence-corrected chi connectivity index (χ4v) is 0.540. The van der Waals surface area contributed by atoms with Gasteiger partial charge in [0.2, 0.25) is 0 Å². The molecule has 0 atom stereocenters. The Labute approximate surface area is 73.6 Å². The first kappa shape index (κ1) is 10.6. The van der Waals surface area contributed by atoms with Crippen LogP contribution in [0.25, 0.3) is 0 Å². The van der Waals surface area contributed by atoms with Crippen LogP contribution < -0.4 is 16.8 Å². The molecule has 0 aliphatic rings. The molecule has 0 fully saturated rings. The van der Waals surface area contributed by atoms with Crippen LogP contribution in [-0.2, 0) is 0 Å². The van der Waals surface area contributed by atoms with E-state index in [9.17, 15) is 9.59 Å². The number of carbonyl (C=O) groups excluding carboxylic acids is 1. The number of nitrogens with one attached hydrogen (secondary N) is 2. The molecule has 0 radical (unpaired) electrons. The fourth-order valence-electron chi connectivity index (χ4n) is 0.540. The summed E-state index contributed by atoms with van der Waals surface area (Å²) in [6.07, 6.45) is 2.19. The molecule has 1 rings (SSSR count). The van der Waals surface area contributed by atoms with Crippen LogP contribution in [-0.4, -0.2) is 15.9 Å². The second-order valence-corrected chi connectivity index (χ2v) is 1.77. The molecule has 6 nitrogen and oxygen atoms in total. The second kappa shape index (κ2) is 4.47. The van der Waals surface area contributed by atoms with Crippen LogP contribution in [0.15, 0.2) is 17.2 Å². The number of H-pyrrole nitrogens is 1. The summed E-state index contributed by atoms with van der Waals surface area (Å²) in [6.45, 7) is 0. The highest BCUT2D eigenvalue weighted by Crippen LogP contribution is 1.84. The Balaban J connectivity index is 0.00000121. The van der Waals surface area contributed by atoms with Gasteiger partial charge in [0.25, 0.3) is 11.5 Å². The summed E-state index contributed by atoms with van der Waals surface area (Å²) in [4.78, 5) is 26.9. The molecular formula is C5H7ClN4O2. The molecule has 4 N–H and O–H groups in total. The molecule has 0 aliphatic carbocycles. The molecule has 0 aromatic carbocycles. The molecule has 0 unspecified atom stereocenters. The Kier molecular flexibility index (Phi) is 3.95. The van der Waals surface area contributed by atoms with Gasteiger partial charge in [-0.3, -0.25) is 15.0 Å². The van der Waals surface area contributed by atoms with Crippen molar-refractivity contribution in [3.8, 4) is 0 Å².